The molecule has 10 nitrogen and oxygen atoms in total. The van der Waals surface area contributed by atoms with E-state index in [9.17, 15) is 13.2 Å². The lowest BCUT2D eigenvalue weighted by Crippen LogP contribution is -2.14. The highest BCUT2D eigenvalue weighted by molar-refractivity contribution is 7.92. The van der Waals surface area contributed by atoms with Gasteiger partial charge in [-0.3, -0.25) is 14.8 Å². The number of carbonyl (C=O) groups excluding carboxylic acids is 1. The van der Waals surface area contributed by atoms with Crippen LogP contribution in [0.4, 0.5) is 11.6 Å². The standard InChI is InChI=1S/C21H23N3O7S/c1-12-20(21(31-23-12)22-13(2)25)14-6-7-18(30-5)19(8-14)32(26,27)24-15-9-16(28-3)11-17(10-15)29-4/h6-11,24H,1-5H3,(H,22,25). The van der Waals surface area contributed by atoms with E-state index in [4.69, 9.17) is 18.7 Å². The van der Waals surface area contributed by atoms with Crippen LogP contribution in [-0.4, -0.2) is 40.8 Å². The summed E-state index contributed by atoms with van der Waals surface area (Å²) in [6.07, 6.45) is 0. The third kappa shape index (κ3) is 4.78. The Morgan fingerprint density at radius 1 is 1.00 bits per heavy atom. The molecule has 0 radical (unpaired) electrons. The Hall–Kier alpha value is -3.73. The fourth-order valence-corrected chi connectivity index (χ4v) is 4.31. The first-order valence-corrected chi connectivity index (χ1v) is 10.8. The predicted octanol–water partition coefficient (Wildman–Crippen LogP) is 3.44. The van der Waals surface area contributed by atoms with Crippen LogP contribution in [0.3, 0.4) is 0 Å². The molecule has 0 aliphatic rings. The Labute approximate surface area is 185 Å². The first-order valence-electron chi connectivity index (χ1n) is 9.36. The van der Waals surface area contributed by atoms with Gasteiger partial charge in [0.2, 0.25) is 11.8 Å². The Morgan fingerprint density at radius 2 is 1.66 bits per heavy atom. The lowest BCUT2D eigenvalue weighted by molar-refractivity contribution is -0.114. The van der Waals surface area contributed by atoms with Gasteiger partial charge in [0.1, 0.15) is 22.1 Å². The molecule has 0 fully saturated rings. The number of methoxy groups -OCH3 is 3. The zero-order valence-corrected chi connectivity index (χ0v) is 19.0. The van der Waals surface area contributed by atoms with Crippen molar-refractivity contribution in [1.29, 1.82) is 0 Å². The highest BCUT2D eigenvalue weighted by atomic mass is 32.2. The first kappa shape index (κ1) is 22.9. The molecule has 2 aromatic carbocycles. The Morgan fingerprint density at radius 3 is 2.22 bits per heavy atom. The minimum absolute atomic E-state index is 0.117. The average molecular weight is 461 g/mol. The summed E-state index contributed by atoms with van der Waals surface area (Å²) in [4.78, 5) is 11.4. The largest absolute Gasteiger partial charge is 0.497 e. The molecule has 1 heterocycles. The quantitative estimate of drug-likeness (QED) is 0.522. The van der Waals surface area contributed by atoms with Crippen molar-refractivity contribution in [3.8, 4) is 28.4 Å². The monoisotopic (exact) mass is 461 g/mol. The lowest BCUT2D eigenvalue weighted by atomic mass is 10.1. The van der Waals surface area contributed by atoms with Gasteiger partial charge in [0, 0.05) is 25.1 Å². The topological polar surface area (TPSA) is 129 Å². The second-order valence-corrected chi connectivity index (χ2v) is 8.38. The van der Waals surface area contributed by atoms with Gasteiger partial charge >= 0.3 is 0 Å². The van der Waals surface area contributed by atoms with Crippen LogP contribution in [0.2, 0.25) is 0 Å². The number of benzene rings is 2. The number of hydrogen-bond donors (Lipinski definition) is 2. The number of nitrogens with zero attached hydrogens (tertiary/aromatic N) is 1. The minimum atomic E-state index is -4.09. The van der Waals surface area contributed by atoms with Gasteiger partial charge in [-0.25, -0.2) is 8.42 Å². The van der Waals surface area contributed by atoms with Crippen LogP contribution in [0.15, 0.2) is 45.8 Å². The molecule has 0 unspecified atom stereocenters. The van der Waals surface area contributed by atoms with Gasteiger partial charge in [-0.05, 0) is 24.6 Å². The van der Waals surface area contributed by atoms with E-state index in [0.717, 1.165) is 0 Å². The lowest BCUT2D eigenvalue weighted by Gasteiger charge is -2.14. The zero-order valence-electron chi connectivity index (χ0n) is 18.2. The summed E-state index contributed by atoms with van der Waals surface area (Å²) in [5.41, 5.74) is 1.65. The Bertz CT molecular complexity index is 1230. The maximum atomic E-state index is 13.3. The van der Waals surface area contributed by atoms with Gasteiger partial charge in [-0.2, -0.15) is 0 Å². The van der Waals surface area contributed by atoms with Crippen molar-refractivity contribution in [3.05, 3.63) is 42.1 Å². The van der Waals surface area contributed by atoms with Crippen molar-refractivity contribution in [2.24, 2.45) is 0 Å². The van der Waals surface area contributed by atoms with Crippen LogP contribution in [-0.2, 0) is 14.8 Å². The van der Waals surface area contributed by atoms with Crippen molar-refractivity contribution in [2.75, 3.05) is 31.4 Å². The van der Waals surface area contributed by atoms with Crippen molar-refractivity contribution in [1.82, 2.24) is 5.16 Å². The fraction of sp³-hybridized carbons (Fsp3) is 0.238. The smallest absolute Gasteiger partial charge is 0.265 e. The summed E-state index contributed by atoms with van der Waals surface area (Å²) >= 11 is 0. The molecule has 32 heavy (non-hydrogen) atoms. The molecule has 3 rings (SSSR count). The summed E-state index contributed by atoms with van der Waals surface area (Å²) in [5.74, 6) is 0.739. The van der Waals surface area contributed by atoms with Crippen LogP contribution < -0.4 is 24.2 Å². The van der Waals surface area contributed by atoms with E-state index in [1.54, 1.807) is 19.1 Å². The average Bonchev–Trinajstić information content (AvgIpc) is 3.11. The molecule has 1 aromatic heterocycles. The number of aryl methyl sites for hydroxylation is 1. The summed E-state index contributed by atoms with van der Waals surface area (Å²) in [5, 5.41) is 6.43. The molecule has 0 spiro atoms. The van der Waals surface area contributed by atoms with Crippen LogP contribution >= 0.6 is 0 Å². The first-order chi connectivity index (χ1) is 15.2. The van der Waals surface area contributed by atoms with Crippen LogP contribution in [0.25, 0.3) is 11.1 Å². The fourth-order valence-electron chi connectivity index (χ4n) is 3.07. The highest BCUT2D eigenvalue weighted by Gasteiger charge is 2.24. The predicted molar refractivity (Wildman–Crippen MR) is 118 cm³/mol. The maximum absolute atomic E-state index is 13.3. The third-order valence-electron chi connectivity index (χ3n) is 4.50. The molecule has 1 amide bonds. The zero-order chi connectivity index (χ0) is 23.5. The molecule has 0 aliphatic heterocycles. The van der Waals surface area contributed by atoms with E-state index < -0.39 is 10.0 Å². The molecule has 0 atom stereocenters. The van der Waals surface area contributed by atoms with Gasteiger partial charge in [0.05, 0.1) is 38.3 Å². The van der Waals surface area contributed by atoms with Crippen molar-refractivity contribution < 1.29 is 31.9 Å². The van der Waals surface area contributed by atoms with E-state index in [1.807, 2.05) is 0 Å². The number of amides is 1. The number of carbonyl (C=O) groups is 1. The molecule has 0 saturated carbocycles. The minimum Gasteiger partial charge on any atom is -0.497 e. The van der Waals surface area contributed by atoms with Gasteiger partial charge in [-0.1, -0.05) is 11.2 Å². The highest BCUT2D eigenvalue weighted by Crippen LogP contribution is 2.37. The maximum Gasteiger partial charge on any atom is 0.265 e. The number of sulfonamides is 1. The van der Waals surface area contributed by atoms with Crippen molar-refractivity contribution >= 4 is 27.5 Å². The van der Waals surface area contributed by atoms with Crippen LogP contribution in [0.5, 0.6) is 17.2 Å². The number of aromatic nitrogens is 1. The number of ether oxygens (including phenoxy) is 3. The molecule has 0 aliphatic carbocycles. The second kappa shape index (κ2) is 9.18. The van der Waals surface area contributed by atoms with E-state index >= 15 is 0 Å². The SMILES string of the molecule is COc1cc(NS(=O)(=O)c2cc(-c3c(C)noc3NC(C)=O)ccc2OC)cc(OC)c1. The molecular weight excluding hydrogens is 438 g/mol. The third-order valence-corrected chi connectivity index (χ3v) is 5.90. The summed E-state index contributed by atoms with van der Waals surface area (Å²) in [6, 6.07) is 9.25. The molecule has 170 valence electrons. The van der Waals surface area contributed by atoms with Crippen molar-refractivity contribution in [2.45, 2.75) is 18.7 Å². The molecule has 2 N–H and O–H groups in total. The molecule has 3 aromatic rings. The van der Waals surface area contributed by atoms with Crippen LogP contribution in [0.1, 0.15) is 12.6 Å². The molecular formula is C21H23N3O7S. The van der Waals surface area contributed by atoms with Gasteiger partial charge in [0.15, 0.2) is 0 Å². The van der Waals surface area contributed by atoms with Crippen LogP contribution in [0, 0.1) is 6.92 Å². The normalized spacial score (nSPS) is 11.0. The van der Waals surface area contributed by atoms with Gasteiger partial charge in [-0.15, -0.1) is 0 Å². The molecule has 11 heteroatoms. The van der Waals surface area contributed by atoms with Gasteiger partial charge in [0.25, 0.3) is 10.0 Å². The van der Waals surface area contributed by atoms with Crippen molar-refractivity contribution in [3.63, 3.8) is 0 Å². The van der Waals surface area contributed by atoms with E-state index in [2.05, 4.69) is 15.2 Å². The molecule has 0 saturated heterocycles. The van der Waals surface area contributed by atoms with Gasteiger partial charge < -0.3 is 18.7 Å². The second-order valence-electron chi connectivity index (χ2n) is 6.73. The van der Waals surface area contributed by atoms with E-state index in [0.29, 0.717) is 28.3 Å². The summed E-state index contributed by atoms with van der Waals surface area (Å²) < 4.78 is 49.9. The van der Waals surface area contributed by atoms with E-state index in [-0.39, 0.29) is 28.1 Å². The number of hydrogen-bond acceptors (Lipinski definition) is 8. The number of rotatable bonds is 8. The van der Waals surface area contributed by atoms with E-state index in [1.165, 1.54) is 52.5 Å². The summed E-state index contributed by atoms with van der Waals surface area (Å²) in [7, 11) is 0.210. The molecule has 0 bridgehead atoms. The Kier molecular flexibility index (Phi) is 6.58. The summed E-state index contributed by atoms with van der Waals surface area (Å²) in [6.45, 7) is 3.02. The Balaban J connectivity index is 2.08. The number of nitrogens with one attached hydrogen (secondary N) is 2. The number of anilines is 2.